The molecule has 2 aromatic rings. The lowest BCUT2D eigenvalue weighted by Gasteiger charge is -2.04. The van der Waals surface area contributed by atoms with Crippen LogP contribution in [0.25, 0.3) is 0 Å². The lowest BCUT2D eigenvalue weighted by atomic mass is 10.3. The van der Waals surface area contributed by atoms with Gasteiger partial charge in [0.15, 0.2) is 5.82 Å². The maximum atomic E-state index is 11.7. The lowest BCUT2D eigenvalue weighted by molar-refractivity contribution is 0.0948. The number of imidazole rings is 1. The van der Waals surface area contributed by atoms with Gasteiger partial charge >= 0.3 is 0 Å². The minimum absolute atomic E-state index is 0.254. The number of H-pyrrole nitrogens is 1. The third-order valence-electron chi connectivity index (χ3n) is 2.46. The van der Waals surface area contributed by atoms with E-state index >= 15 is 0 Å². The van der Waals surface area contributed by atoms with Gasteiger partial charge in [-0.2, -0.15) is 0 Å². The third-order valence-corrected chi connectivity index (χ3v) is 2.46. The average Bonchev–Trinajstić information content (AvgIpc) is 2.96. The summed E-state index contributed by atoms with van der Waals surface area (Å²) >= 11 is 0. The van der Waals surface area contributed by atoms with Crippen molar-refractivity contribution in [3.8, 4) is 0 Å². The number of aromatic nitrogens is 4. The molecule has 100 valence electrons. The number of hydrogen-bond acceptors (Lipinski definition) is 6. The Kier molecular flexibility index (Phi) is 4.40. The highest BCUT2D eigenvalue weighted by Crippen LogP contribution is 1.99. The summed E-state index contributed by atoms with van der Waals surface area (Å²) in [5.41, 5.74) is 2.61. The molecule has 5 N–H and O–H groups in total. The number of aryl methyl sites for hydroxylation is 1. The number of nitrogens with two attached hydrogens (primary N) is 1. The molecule has 0 spiro atoms. The molecule has 0 aromatic carbocycles. The molecular weight excluding hydrogens is 246 g/mol. The summed E-state index contributed by atoms with van der Waals surface area (Å²) in [5.74, 6) is 6.23. The summed E-state index contributed by atoms with van der Waals surface area (Å²) in [6.45, 7) is 0.554. The van der Waals surface area contributed by atoms with Crippen molar-refractivity contribution in [2.75, 3.05) is 12.0 Å². The highest BCUT2D eigenvalue weighted by atomic mass is 16.1. The second-order valence-electron chi connectivity index (χ2n) is 3.83. The zero-order chi connectivity index (χ0) is 13.5. The first-order chi connectivity index (χ1) is 9.29. The Morgan fingerprint density at radius 2 is 2.21 bits per heavy atom. The number of anilines is 1. The van der Waals surface area contributed by atoms with Crippen LogP contribution in [0.5, 0.6) is 0 Å². The molecule has 0 aliphatic rings. The van der Waals surface area contributed by atoms with Gasteiger partial charge in [0.1, 0.15) is 11.5 Å². The summed E-state index contributed by atoms with van der Waals surface area (Å²) in [6.07, 6.45) is 7.84. The molecule has 0 unspecified atom stereocenters. The Bertz CT molecular complexity index is 508. The monoisotopic (exact) mass is 261 g/mol. The Balaban J connectivity index is 1.74. The van der Waals surface area contributed by atoms with Gasteiger partial charge in [-0.05, 0) is 6.42 Å². The highest BCUT2D eigenvalue weighted by molar-refractivity contribution is 5.91. The van der Waals surface area contributed by atoms with E-state index in [0.717, 1.165) is 18.7 Å². The van der Waals surface area contributed by atoms with Crippen molar-refractivity contribution in [1.29, 1.82) is 0 Å². The van der Waals surface area contributed by atoms with E-state index in [1.165, 1.54) is 12.4 Å². The van der Waals surface area contributed by atoms with Crippen molar-refractivity contribution in [2.45, 2.75) is 12.8 Å². The summed E-state index contributed by atoms with van der Waals surface area (Å²) < 4.78 is 0. The molecule has 0 saturated carbocycles. The number of hydrogen-bond donors (Lipinski definition) is 4. The molecule has 2 heterocycles. The molecule has 0 fully saturated rings. The number of amides is 1. The second-order valence-corrected chi connectivity index (χ2v) is 3.83. The topological polar surface area (TPSA) is 122 Å². The quantitative estimate of drug-likeness (QED) is 0.326. The molecular formula is C11H15N7O. The Morgan fingerprint density at radius 1 is 1.32 bits per heavy atom. The van der Waals surface area contributed by atoms with Crippen molar-refractivity contribution in [3.63, 3.8) is 0 Å². The van der Waals surface area contributed by atoms with E-state index in [2.05, 4.69) is 30.7 Å². The van der Waals surface area contributed by atoms with Gasteiger partial charge in [0, 0.05) is 25.4 Å². The first-order valence-electron chi connectivity index (χ1n) is 5.84. The maximum Gasteiger partial charge on any atom is 0.271 e. The van der Waals surface area contributed by atoms with Crippen LogP contribution in [0.2, 0.25) is 0 Å². The van der Waals surface area contributed by atoms with Gasteiger partial charge in [-0.25, -0.2) is 20.8 Å². The van der Waals surface area contributed by atoms with Crippen LogP contribution in [-0.2, 0) is 6.42 Å². The minimum Gasteiger partial charge on any atom is -0.351 e. The largest absolute Gasteiger partial charge is 0.351 e. The Labute approximate surface area is 109 Å². The Morgan fingerprint density at radius 3 is 2.84 bits per heavy atom. The molecule has 8 nitrogen and oxygen atoms in total. The minimum atomic E-state index is -0.254. The molecule has 0 atom stereocenters. The summed E-state index contributed by atoms with van der Waals surface area (Å²) in [7, 11) is 0. The van der Waals surface area contributed by atoms with E-state index in [-0.39, 0.29) is 11.6 Å². The summed E-state index contributed by atoms with van der Waals surface area (Å²) in [6, 6.07) is 0. The molecule has 0 radical (unpaired) electrons. The first-order valence-corrected chi connectivity index (χ1v) is 5.84. The lowest BCUT2D eigenvalue weighted by Crippen LogP contribution is -2.26. The fraction of sp³-hybridized carbons (Fsp3) is 0.273. The summed E-state index contributed by atoms with van der Waals surface area (Å²) in [5, 5.41) is 2.76. The molecule has 2 rings (SSSR count). The third kappa shape index (κ3) is 3.75. The SMILES string of the molecule is NNc1cnc(C(=O)NCCCc2ncc[nH]2)cn1. The van der Waals surface area contributed by atoms with Crippen LogP contribution in [0, 0.1) is 0 Å². The van der Waals surface area contributed by atoms with Crippen LogP contribution < -0.4 is 16.6 Å². The average molecular weight is 261 g/mol. The number of aromatic amines is 1. The van der Waals surface area contributed by atoms with Gasteiger partial charge in [-0.1, -0.05) is 0 Å². The smallest absolute Gasteiger partial charge is 0.271 e. The van der Waals surface area contributed by atoms with E-state index < -0.39 is 0 Å². The van der Waals surface area contributed by atoms with E-state index in [4.69, 9.17) is 5.84 Å². The fourth-order valence-electron chi connectivity index (χ4n) is 1.50. The van der Waals surface area contributed by atoms with E-state index in [1.54, 1.807) is 12.4 Å². The molecule has 8 heteroatoms. The number of rotatable bonds is 6. The van der Waals surface area contributed by atoms with Gasteiger partial charge < -0.3 is 15.7 Å². The second kappa shape index (κ2) is 6.45. The summed E-state index contributed by atoms with van der Waals surface area (Å²) in [4.78, 5) is 26.7. The number of carbonyl (C=O) groups excluding carboxylic acids is 1. The van der Waals surface area contributed by atoms with Crippen molar-refractivity contribution in [3.05, 3.63) is 36.3 Å². The standard InChI is InChI=1S/C11H15N7O/c12-18-10-7-16-8(6-17-10)11(19)15-3-1-2-9-13-4-5-14-9/h4-7H,1-3,12H2,(H,13,14)(H,15,19)(H,17,18). The predicted octanol–water partition coefficient (Wildman–Crippen LogP) is -0.152. The molecule has 0 bridgehead atoms. The van der Waals surface area contributed by atoms with Crippen molar-refractivity contribution in [2.24, 2.45) is 5.84 Å². The maximum absolute atomic E-state index is 11.7. The molecule has 0 saturated heterocycles. The van der Waals surface area contributed by atoms with Crippen molar-refractivity contribution in [1.82, 2.24) is 25.3 Å². The predicted molar refractivity (Wildman–Crippen MR) is 69.1 cm³/mol. The number of nitrogen functional groups attached to an aromatic ring is 1. The molecule has 19 heavy (non-hydrogen) atoms. The van der Waals surface area contributed by atoms with Crippen LogP contribution >= 0.6 is 0 Å². The highest BCUT2D eigenvalue weighted by Gasteiger charge is 2.07. The Hall–Kier alpha value is -2.48. The van der Waals surface area contributed by atoms with Crippen LogP contribution in [-0.4, -0.2) is 32.4 Å². The number of hydrazine groups is 1. The van der Waals surface area contributed by atoms with Crippen molar-refractivity contribution < 1.29 is 4.79 Å². The fourth-order valence-corrected chi connectivity index (χ4v) is 1.50. The van der Waals surface area contributed by atoms with Gasteiger partial charge in [-0.15, -0.1) is 0 Å². The van der Waals surface area contributed by atoms with Gasteiger partial charge in [0.25, 0.3) is 5.91 Å². The van der Waals surface area contributed by atoms with E-state index in [0.29, 0.717) is 12.4 Å². The van der Waals surface area contributed by atoms with Crippen LogP contribution in [0.4, 0.5) is 5.82 Å². The van der Waals surface area contributed by atoms with Crippen LogP contribution in [0.15, 0.2) is 24.8 Å². The van der Waals surface area contributed by atoms with Crippen molar-refractivity contribution >= 4 is 11.7 Å². The van der Waals surface area contributed by atoms with Gasteiger partial charge in [0.05, 0.1) is 12.4 Å². The molecule has 2 aromatic heterocycles. The van der Waals surface area contributed by atoms with Gasteiger partial charge in [-0.3, -0.25) is 4.79 Å². The van der Waals surface area contributed by atoms with Crippen LogP contribution in [0.3, 0.4) is 0 Å². The normalized spacial score (nSPS) is 10.2. The molecule has 0 aliphatic carbocycles. The molecule has 0 aliphatic heterocycles. The number of carbonyl (C=O) groups is 1. The van der Waals surface area contributed by atoms with Gasteiger partial charge in [0.2, 0.25) is 0 Å². The number of nitrogens with one attached hydrogen (secondary N) is 3. The molecule has 1 amide bonds. The zero-order valence-electron chi connectivity index (χ0n) is 10.3. The van der Waals surface area contributed by atoms with E-state index in [1.807, 2.05) is 0 Å². The zero-order valence-corrected chi connectivity index (χ0v) is 10.3. The van der Waals surface area contributed by atoms with Crippen LogP contribution in [0.1, 0.15) is 22.7 Å². The van der Waals surface area contributed by atoms with E-state index in [9.17, 15) is 4.79 Å². The first kappa shape index (κ1) is 13.0. The number of nitrogens with zero attached hydrogens (tertiary/aromatic N) is 3.